The Labute approximate surface area is 359 Å². The summed E-state index contributed by atoms with van der Waals surface area (Å²) in [5.74, 6) is 0.323. The molecule has 0 N–H and O–H groups in total. The van der Waals surface area contributed by atoms with Gasteiger partial charge in [-0.15, -0.1) is 35.2 Å². The average molecular weight is 814 g/mol. The van der Waals surface area contributed by atoms with Crippen LogP contribution in [0.3, 0.4) is 0 Å². The second-order valence-corrected chi connectivity index (χ2v) is 15.3. The Morgan fingerprint density at radius 3 is 0.966 bits per heavy atom. The first kappa shape index (κ1) is 39.4. The molecule has 8 bridgehead atoms. The smallest absolute Gasteiger partial charge is 0.657 e. The molecule has 0 spiro atoms. The van der Waals surface area contributed by atoms with E-state index in [4.69, 9.17) is 19.9 Å². The maximum Gasteiger partial charge on any atom is 2.00 e. The van der Waals surface area contributed by atoms with Crippen LogP contribution in [0.4, 0.5) is 0 Å². The summed E-state index contributed by atoms with van der Waals surface area (Å²) in [5, 5.41) is 0. The minimum atomic E-state index is 0. The van der Waals surface area contributed by atoms with E-state index in [2.05, 4.69) is 180 Å². The molecule has 282 valence electrons. The van der Waals surface area contributed by atoms with Crippen LogP contribution in [0.2, 0.25) is 0 Å². The first-order valence-electron chi connectivity index (χ1n) is 20.0. The summed E-state index contributed by atoms with van der Waals surface area (Å²) >= 11 is 0. The van der Waals surface area contributed by atoms with Crippen LogP contribution in [0.5, 0.6) is 0 Å². The van der Waals surface area contributed by atoms with Crippen LogP contribution < -0.4 is 9.97 Å². The van der Waals surface area contributed by atoms with E-state index in [9.17, 15) is 0 Å². The van der Waals surface area contributed by atoms with E-state index in [1.54, 1.807) is 0 Å². The van der Waals surface area contributed by atoms with Gasteiger partial charge in [-0.25, -0.2) is 9.97 Å². The van der Waals surface area contributed by atoms with Crippen LogP contribution in [-0.4, -0.2) is 9.97 Å². The fourth-order valence-electron chi connectivity index (χ4n) is 8.12. The minimum Gasteiger partial charge on any atom is -0.657 e. The maximum atomic E-state index is 5.44. The summed E-state index contributed by atoms with van der Waals surface area (Å²) in [6.45, 7) is 14.4. The predicted molar refractivity (Wildman–Crippen MR) is 245 cm³/mol. The number of benzene rings is 4. The Balaban J connectivity index is 0.00000484. The average Bonchev–Trinajstić information content (AvgIpc) is 4.08. The molecule has 0 radical (unpaired) electrons. The fourth-order valence-corrected chi connectivity index (χ4v) is 8.12. The standard InChI is InChI=1S/C54H44N4.Zn/c1-6-8-37(9-7-2)38-22-24-42(25-23-38)54-49-32-30-47(57-49)52(40-18-12-35(4)13-19-40)45-28-26-43(55-45)51(39-16-10-34(3)11-17-39)44-27-29-46(56-44)53(48-31-33-50(54)58-48)41-20-14-36(5)15-21-41;/h6-7,10-33,37H,1-2,8-9H2,3-5H3;/q-2;+2. The summed E-state index contributed by atoms with van der Waals surface area (Å²) in [5.41, 5.74) is 19.8. The van der Waals surface area contributed by atoms with Crippen molar-refractivity contribution in [1.82, 2.24) is 19.9 Å². The molecular weight excluding hydrogens is 770 g/mol. The Bertz CT molecular complexity index is 2870. The molecule has 9 rings (SSSR count). The number of aryl methyl sites for hydroxylation is 3. The molecule has 5 heterocycles. The van der Waals surface area contributed by atoms with Gasteiger partial charge in [-0.2, -0.15) is 0 Å². The van der Waals surface area contributed by atoms with Crippen molar-refractivity contribution in [2.45, 2.75) is 39.5 Å². The van der Waals surface area contributed by atoms with E-state index in [1.165, 1.54) is 22.3 Å². The Hall–Kier alpha value is -6.42. The molecular formula is C54H44N4Zn. The summed E-state index contributed by atoms with van der Waals surface area (Å²) in [7, 11) is 0. The molecule has 59 heavy (non-hydrogen) atoms. The van der Waals surface area contributed by atoms with Gasteiger partial charge in [-0.3, -0.25) is 0 Å². The van der Waals surface area contributed by atoms with Crippen LogP contribution in [0.25, 0.3) is 90.9 Å². The van der Waals surface area contributed by atoms with Crippen molar-refractivity contribution < 1.29 is 19.5 Å². The van der Waals surface area contributed by atoms with Gasteiger partial charge in [0.15, 0.2) is 0 Å². The second-order valence-electron chi connectivity index (χ2n) is 15.3. The van der Waals surface area contributed by atoms with Crippen LogP contribution in [0.1, 0.15) is 63.8 Å². The number of allylic oxidation sites excluding steroid dienone is 2. The summed E-state index contributed by atoms with van der Waals surface area (Å²) in [6, 6.07) is 43.3. The number of nitrogens with zero attached hydrogens (tertiary/aromatic N) is 4. The molecule has 4 aromatic carbocycles. The molecule has 7 aromatic rings. The van der Waals surface area contributed by atoms with Crippen LogP contribution in [0, 0.1) is 20.8 Å². The van der Waals surface area contributed by atoms with E-state index >= 15 is 0 Å². The molecule has 0 atom stereocenters. The number of aromatic nitrogens is 4. The van der Waals surface area contributed by atoms with Gasteiger partial charge in [0.05, 0.1) is 22.8 Å². The quantitative estimate of drug-likeness (QED) is 0.108. The second kappa shape index (κ2) is 16.8. The van der Waals surface area contributed by atoms with E-state index in [0.29, 0.717) is 5.92 Å². The zero-order valence-corrected chi connectivity index (χ0v) is 36.9. The zero-order valence-electron chi connectivity index (χ0n) is 33.9. The Morgan fingerprint density at radius 2 is 0.695 bits per heavy atom. The SMILES string of the molecule is C=CCC(CC=C)c1ccc(-c2c3nc(c(-c4ccc(C)cc4)c4ccc([n-]4)c(-c4ccc(C)cc4)c4nc(c(-c5ccc(C)cc5)c5ccc2[n-]5)C=C4)C=C3)cc1.[Zn+2]. The number of hydrogen-bond donors (Lipinski definition) is 0. The normalized spacial score (nSPS) is 11.8. The molecule has 2 aliphatic heterocycles. The molecule has 2 aliphatic rings. The molecule has 3 aromatic heterocycles. The van der Waals surface area contributed by atoms with Gasteiger partial charge in [0.2, 0.25) is 0 Å². The largest absolute Gasteiger partial charge is 2.00 e. The molecule has 4 nitrogen and oxygen atoms in total. The summed E-state index contributed by atoms with van der Waals surface area (Å²) in [4.78, 5) is 21.7. The molecule has 0 fully saturated rings. The third-order valence-electron chi connectivity index (χ3n) is 11.2. The number of fused-ring (bicyclic) bond motifs is 8. The van der Waals surface area contributed by atoms with Crippen molar-refractivity contribution in [2.24, 2.45) is 0 Å². The molecule has 0 aliphatic carbocycles. The minimum absolute atomic E-state index is 0. The topological polar surface area (TPSA) is 54.0 Å². The Kier molecular flexibility index (Phi) is 11.2. The van der Waals surface area contributed by atoms with Crippen molar-refractivity contribution in [3.8, 4) is 44.5 Å². The van der Waals surface area contributed by atoms with Crippen molar-refractivity contribution in [1.29, 1.82) is 0 Å². The molecule has 5 heteroatoms. The van der Waals surface area contributed by atoms with Gasteiger partial charge in [-0.05, 0) is 114 Å². The van der Waals surface area contributed by atoms with Crippen molar-refractivity contribution >= 4 is 46.4 Å². The van der Waals surface area contributed by atoms with Gasteiger partial charge in [0.25, 0.3) is 0 Å². The van der Waals surface area contributed by atoms with Gasteiger partial charge in [0.1, 0.15) is 0 Å². The summed E-state index contributed by atoms with van der Waals surface area (Å²) in [6.07, 6.45) is 14.2. The van der Waals surface area contributed by atoms with Gasteiger partial charge in [-0.1, -0.05) is 150 Å². The van der Waals surface area contributed by atoms with Crippen LogP contribution >= 0.6 is 0 Å². The molecule has 0 unspecified atom stereocenters. The Morgan fingerprint density at radius 1 is 0.424 bits per heavy atom. The van der Waals surface area contributed by atoms with Crippen LogP contribution in [0.15, 0.2) is 147 Å². The van der Waals surface area contributed by atoms with Gasteiger partial charge >= 0.3 is 19.5 Å². The number of rotatable bonds is 9. The summed E-state index contributed by atoms with van der Waals surface area (Å²) < 4.78 is 0. The van der Waals surface area contributed by atoms with Crippen molar-refractivity contribution in [3.05, 3.63) is 192 Å². The first-order valence-corrected chi connectivity index (χ1v) is 20.0. The van der Waals surface area contributed by atoms with Crippen molar-refractivity contribution in [3.63, 3.8) is 0 Å². The third-order valence-corrected chi connectivity index (χ3v) is 11.2. The predicted octanol–water partition coefficient (Wildman–Crippen LogP) is 13.7. The van der Waals surface area contributed by atoms with E-state index in [0.717, 1.165) is 102 Å². The van der Waals surface area contributed by atoms with E-state index < -0.39 is 0 Å². The molecule has 0 amide bonds. The van der Waals surface area contributed by atoms with Gasteiger partial charge < -0.3 is 9.97 Å². The third kappa shape index (κ3) is 7.79. The van der Waals surface area contributed by atoms with Crippen molar-refractivity contribution in [2.75, 3.05) is 0 Å². The van der Waals surface area contributed by atoms with Gasteiger partial charge in [0, 0.05) is 0 Å². The van der Waals surface area contributed by atoms with E-state index in [-0.39, 0.29) is 19.5 Å². The zero-order chi connectivity index (χ0) is 39.8. The maximum absolute atomic E-state index is 5.44. The van der Waals surface area contributed by atoms with Crippen LogP contribution in [-0.2, 0) is 19.5 Å². The fraction of sp³-hybridized carbons (Fsp3) is 0.111. The first-order chi connectivity index (χ1) is 28.4. The molecule has 0 saturated heterocycles. The molecule has 0 saturated carbocycles. The van der Waals surface area contributed by atoms with E-state index in [1.807, 2.05) is 12.2 Å². The monoisotopic (exact) mass is 812 g/mol. The number of hydrogen-bond acceptors (Lipinski definition) is 2.